The molecule has 1 aliphatic rings. The lowest BCUT2D eigenvalue weighted by atomic mass is 10.0. The molecule has 6 rings (SSSR count). The van der Waals surface area contributed by atoms with E-state index in [2.05, 4.69) is 30.2 Å². The Kier molecular flexibility index (Phi) is 6.78. The first-order chi connectivity index (χ1) is 19.7. The number of aromatic nitrogens is 7. The zero-order valence-electron chi connectivity index (χ0n) is 22.0. The summed E-state index contributed by atoms with van der Waals surface area (Å²) in [6.07, 6.45) is 2.10. The van der Waals surface area contributed by atoms with Crippen molar-refractivity contribution in [2.45, 2.75) is 39.0 Å². The van der Waals surface area contributed by atoms with Gasteiger partial charge in [-0.2, -0.15) is 10.2 Å². The summed E-state index contributed by atoms with van der Waals surface area (Å²) in [7, 11) is 0. The summed E-state index contributed by atoms with van der Waals surface area (Å²) in [6, 6.07) is 9.14. The molecule has 1 saturated heterocycles. The van der Waals surface area contributed by atoms with Gasteiger partial charge in [-0.3, -0.25) is 19.4 Å². The molecule has 0 unspecified atom stereocenters. The number of alkyl halides is 1. The van der Waals surface area contributed by atoms with Crippen LogP contribution in [0.15, 0.2) is 48.8 Å². The number of aryl methyl sites for hydroxylation is 1. The normalized spacial score (nSPS) is 17.0. The number of rotatable bonds is 6. The van der Waals surface area contributed by atoms with E-state index in [1.165, 1.54) is 28.6 Å². The molecule has 3 aromatic heterocycles. The fraction of sp³-hybridized carbons (Fsp3) is 0.250. The first kappa shape index (κ1) is 26.6. The highest BCUT2D eigenvalue weighted by Crippen LogP contribution is 2.34. The van der Waals surface area contributed by atoms with Crippen LogP contribution in [0.5, 0.6) is 0 Å². The monoisotopic (exact) mass is 576 g/mol. The second kappa shape index (κ2) is 10.4. The molecule has 5 aromatic rings. The molecule has 41 heavy (non-hydrogen) atoms. The van der Waals surface area contributed by atoms with E-state index in [0.717, 1.165) is 11.1 Å². The smallest absolute Gasteiger partial charge is 0.245 e. The standard InChI is InChI=1S/C28H23ClF2N8O2/c1-14(40)26-20-8-16(17-10-32-15(2)33-11-17)6-7-22(20)39(37-26)13-24(41)38-12-18(30)9-23(38)28-34-27(35-36-28)19-4-3-5-21(29)25(19)31/h3-8,10-11,18,23H,9,12-13H2,1-2H3,(H,34,35,36)/t18-,23+/m1/s1. The maximum absolute atomic E-state index is 14.6. The number of carbonyl (C=O) groups excluding carboxylic acids is 2. The number of Topliss-reactive ketones (excluding diaryl/α,β-unsaturated/α-hetero) is 1. The average molecular weight is 577 g/mol. The molecule has 1 N–H and O–H groups in total. The van der Waals surface area contributed by atoms with Gasteiger partial charge in [0.15, 0.2) is 17.4 Å². The van der Waals surface area contributed by atoms with E-state index in [1.54, 1.807) is 31.5 Å². The summed E-state index contributed by atoms with van der Waals surface area (Å²) < 4.78 is 30.6. The summed E-state index contributed by atoms with van der Waals surface area (Å²) in [4.78, 5) is 40.2. The third-order valence-electron chi connectivity index (χ3n) is 7.06. The number of H-pyrrole nitrogens is 1. The number of likely N-dealkylation sites (tertiary alicyclic amines) is 1. The molecule has 0 spiro atoms. The average Bonchev–Trinajstić information content (AvgIpc) is 3.68. The lowest BCUT2D eigenvalue weighted by Gasteiger charge is -2.22. The maximum Gasteiger partial charge on any atom is 0.245 e. The summed E-state index contributed by atoms with van der Waals surface area (Å²) in [5, 5.41) is 11.7. The number of aromatic amines is 1. The molecule has 0 saturated carbocycles. The lowest BCUT2D eigenvalue weighted by Crippen LogP contribution is -2.34. The SMILES string of the molecule is CC(=O)c1nn(CC(=O)N2C[C@H](F)C[C@H]2c2nc(-c3cccc(Cl)c3F)n[nH]2)c2ccc(-c3cnc(C)nc3)cc12. The number of benzene rings is 2. The molecular weight excluding hydrogens is 554 g/mol. The van der Waals surface area contributed by atoms with E-state index in [-0.39, 0.29) is 53.2 Å². The summed E-state index contributed by atoms with van der Waals surface area (Å²) >= 11 is 5.89. The lowest BCUT2D eigenvalue weighted by molar-refractivity contribution is -0.133. The Bertz CT molecular complexity index is 1800. The Balaban J connectivity index is 1.29. The summed E-state index contributed by atoms with van der Waals surface area (Å²) in [5.74, 6) is -0.436. The van der Waals surface area contributed by atoms with Gasteiger partial charge in [0.05, 0.1) is 28.7 Å². The predicted octanol–water partition coefficient (Wildman–Crippen LogP) is 4.89. The zero-order chi connectivity index (χ0) is 28.8. The van der Waals surface area contributed by atoms with Gasteiger partial charge in [-0.25, -0.2) is 23.7 Å². The van der Waals surface area contributed by atoms with Gasteiger partial charge < -0.3 is 4.90 Å². The topological polar surface area (TPSA) is 123 Å². The van der Waals surface area contributed by atoms with E-state index in [0.29, 0.717) is 16.7 Å². The minimum atomic E-state index is -1.29. The van der Waals surface area contributed by atoms with Crippen LogP contribution in [0.3, 0.4) is 0 Å². The van der Waals surface area contributed by atoms with Gasteiger partial charge in [-0.05, 0) is 36.8 Å². The van der Waals surface area contributed by atoms with E-state index in [9.17, 15) is 18.4 Å². The van der Waals surface area contributed by atoms with Crippen LogP contribution in [0, 0.1) is 12.7 Å². The van der Waals surface area contributed by atoms with E-state index >= 15 is 0 Å². The van der Waals surface area contributed by atoms with Crippen LogP contribution in [0.1, 0.15) is 41.5 Å². The largest absolute Gasteiger partial charge is 0.328 e. The van der Waals surface area contributed by atoms with Gasteiger partial charge in [-0.15, -0.1) is 0 Å². The Morgan fingerprint density at radius 1 is 1.15 bits per heavy atom. The number of ketones is 1. The number of hydrogen-bond acceptors (Lipinski definition) is 7. The molecule has 0 radical (unpaired) electrons. The van der Waals surface area contributed by atoms with Crippen LogP contribution in [-0.4, -0.2) is 64.2 Å². The van der Waals surface area contributed by atoms with Crippen molar-refractivity contribution < 1.29 is 18.4 Å². The Morgan fingerprint density at radius 3 is 2.68 bits per heavy atom. The number of carbonyl (C=O) groups is 2. The van der Waals surface area contributed by atoms with Crippen molar-refractivity contribution in [3.05, 3.63) is 77.0 Å². The highest BCUT2D eigenvalue weighted by atomic mass is 35.5. The predicted molar refractivity (Wildman–Crippen MR) is 146 cm³/mol. The molecule has 1 amide bonds. The number of halogens is 3. The second-order valence-electron chi connectivity index (χ2n) is 9.85. The number of nitrogens with zero attached hydrogens (tertiary/aromatic N) is 7. The van der Waals surface area contributed by atoms with Crippen molar-refractivity contribution in [2.24, 2.45) is 0 Å². The second-order valence-corrected chi connectivity index (χ2v) is 10.3. The van der Waals surface area contributed by atoms with Gasteiger partial charge in [0.1, 0.15) is 30.1 Å². The fourth-order valence-corrected chi connectivity index (χ4v) is 5.21. The van der Waals surface area contributed by atoms with E-state index < -0.39 is 23.9 Å². The van der Waals surface area contributed by atoms with Crippen LogP contribution in [0.4, 0.5) is 8.78 Å². The minimum absolute atomic E-state index is 0.00106. The van der Waals surface area contributed by atoms with Gasteiger partial charge in [0.2, 0.25) is 5.91 Å². The van der Waals surface area contributed by atoms with Crippen LogP contribution in [0.25, 0.3) is 33.4 Å². The van der Waals surface area contributed by atoms with Gasteiger partial charge in [0.25, 0.3) is 0 Å². The Labute approximate surface area is 237 Å². The Hall–Kier alpha value is -4.58. The molecule has 208 valence electrons. The van der Waals surface area contributed by atoms with E-state index in [1.807, 2.05) is 12.1 Å². The van der Waals surface area contributed by atoms with Gasteiger partial charge in [0, 0.05) is 36.7 Å². The fourth-order valence-electron chi connectivity index (χ4n) is 5.04. The molecule has 10 nitrogen and oxygen atoms in total. The van der Waals surface area contributed by atoms with Crippen LogP contribution < -0.4 is 0 Å². The number of hydrogen-bond donors (Lipinski definition) is 1. The first-order valence-electron chi connectivity index (χ1n) is 12.8. The van der Waals surface area contributed by atoms with Crippen LogP contribution >= 0.6 is 11.6 Å². The van der Waals surface area contributed by atoms with Crippen LogP contribution in [0.2, 0.25) is 5.02 Å². The van der Waals surface area contributed by atoms with Gasteiger partial charge >= 0.3 is 0 Å². The molecule has 0 bridgehead atoms. The van der Waals surface area contributed by atoms with Gasteiger partial charge in [-0.1, -0.05) is 23.7 Å². The van der Waals surface area contributed by atoms with E-state index in [4.69, 9.17) is 11.6 Å². The number of amides is 1. The van der Waals surface area contributed by atoms with Crippen molar-refractivity contribution in [3.8, 4) is 22.5 Å². The number of fused-ring (bicyclic) bond motifs is 1. The quantitative estimate of drug-likeness (QED) is 0.285. The number of nitrogens with one attached hydrogen (secondary N) is 1. The van der Waals surface area contributed by atoms with Crippen molar-refractivity contribution in [3.63, 3.8) is 0 Å². The third-order valence-corrected chi connectivity index (χ3v) is 7.36. The minimum Gasteiger partial charge on any atom is -0.328 e. The van der Waals surface area contributed by atoms with Crippen molar-refractivity contribution in [1.82, 2.24) is 39.8 Å². The highest BCUT2D eigenvalue weighted by Gasteiger charge is 2.38. The zero-order valence-corrected chi connectivity index (χ0v) is 22.7. The molecule has 2 atom stereocenters. The van der Waals surface area contributed by atoms with Crippen molar-refractivity contribution in [2.75, 3.05) is 6.54 Å². The molecular formula is C28H23ClF2N8O2. The molecule has 1 aliphatic heterocycles. The molecule has 4 heterocycles. The summed E-state index contributed by atoms with van der Waals surface area (Å²) in [5.41, 5.74) is 2.44. The first-order valence-corrected chi connectivity index (χ1v) is 13.2. The molecule has 1 fully saturated rings. The molecule has 0 aliphatic carbocycles. The molecule has 13 heteroatoms. The summed E-state index contributed by atoms with van der Waals surface area (Å²) in [6.45, 7) is 2.81. The third kappa shape index (κ3) is 4.95. The molecule has 2 aromatic carbocycles. The Morgan fingerprint density at radius 2 is 1.93 bits per heavy atom. The van der Waals surface area contributed by atoms with Crippen molar-refractivity contribution >= 4 is 34.2 Å². The highest BCUT2D eigenvalue weighted by molar-refractivity contribution is 6.31. The maximum atomic E-state index is 14.6. The van der Waals surface area contributed by atoms with Crippen LogP contribution in [-0.2, 0) is 11.3 Å². The van der Waals surface area contributed by atoms with Crippen molar-refractivity contribution in [1.29, 1.82) is 0 Å².